The Bertz CT molecular complexity index is 1480. The van der Waals surface area contributed by atoms with Crippen LogP contribution in [-0.2, 0) is 24.3 Å². The fourth-order valence-electron chi connectivity index (χ4n) is 5.38. The number of hydrogen-bond donors (Lipinski definition) is 4. The Hall–Kier alpha value is -3.39. The summed E-state index contributed by atoms with van der Waals surface area (Å²) in [6.45, 7) is 7.99. The van der Waals surface area contributed by atoms with Crippen LogP contribution in [-0.4, -0.2) is 80.7 Å². The summed E-state index contributed by atoms with van der Waals surface area (Å²) in [5, 5.41) is 8.77. The van der Waals surface area contributed by atoms with Crippen LogP contribution in [0.1, 0.15) is 40.5 Å². The Kier molecular flexibility index (Phi) is 9.07. The fraction of sp³-hybridized carbons (Fsp3) is 0.517. The van der Waals surface area contributed by atoms with Gasteiger partial charge in [0, 0.05) is 25.8 Å². The average molecular weight is 601 g/mol. The van der Waals surface area contributed by atoms with Crippen LogP contribution in [0.2, 0.25) is 0 Å². The molecule has 5 atom stereocenters. The third kappa shape index (κ3) is 6.97. The van der Waals surface area contributed by atoms with Crippen molar-refractivity contribution in [3.8, 4) is 0 Å². The van der Waals surface area contributed by atoms with Crippen LogP contribution < -0.4 is 21.2 Å². The van der Waals surface area contributed by atoms with Gasteiger partial charge in [-0.15, -0.1) is 0 Å². The minimum absolute atomic E-state index is 0.0101. The molecule has 1 saturated carbocycles. The predicted octanol–water partition coefficient (Wildman–Crippen LogP) is 1.74. The number of nitrogens with one attached hydrogen (secondary N) is 3. The van der Waals surface area contributed by atoms with E-state index in [1.165, 1.54) is 25.3 Å². The van der Waals surface area contributed by atoms with Crippen molar-refractivity contribution in [2.75, 3.05) is 20.1 Å². The van der Waals surface area contributed by atoms with E-state index in [0.717, 1.165) is 30.2 Å². The Morgan fingerprint density at radius 1 is 1.17 bits per heavy atom. The second kappa shape index (κ2) is 12.1. The number of likely N-dealkylation sites (N-methyl/N-ethyl adjacent to an activating group) is 1. The molecular formula is C29H40N6O6S. The lowest BCUT2D eigenvalue weighted by Crippen LogP contribution is -2.48. The molecule has 0 radical (unpaired) electrons. The number of rotatable bonds is 9. The maximum absolute atomic E-state index is 13.7. The zero-order chi connectivity index (χ0) is 30.9. The zero-order valence-electron chi connectivity index (χ0n) is 24.6. The van der Waals surface area contributed by atoms with Crippen molar-refractivity contribution in [3.63, 3.8) is 0 Å². The summed E-state index contributed by atoms with van der Waals surface area (Å²) in [4.78, 5) is 41.0. The van der Waals surface area contributed by atoms with E-state index in [-0.39, 0.29) is 16.8 Å². The molecule has 2 aromatic carbocycles. The highest BCUT2D eigenvalue weighted by atomic mass is 32.2. The molecule has 5 N–H and O–H groups in total. The molecule has 13 heteroatoms. The average Bonchev–Trinajstić information content (AvgIpc) is 3.55. The quantitative estimate of drug-likeness (QED) is 0.249. The van der Waals surface area contributed by atoms with E-state index in [9.17, 15) is 22.8 Å². The van der Waals surface area contributed by atoms with Gasteiger partial charge in [-0.3, -0.25) is 9.59 Å². The van der Waals surface area contributed by atoms with Gasteiger partial charge in [-0.1, -0.05) is 30.3 Å². The van der Waals surface area contributed by atoms with Crippen LogP contribution in [0.25, 0.3) is 10.8 Å². The molecule has 2 aromatic rings. The maximum Gasteiger partial charge on any atom is 0.428 e. The largest absolute Gasteiger partial charge is 0.443 e. The van der Waals surface area contributed by atoms with Crippen LogP contribution in [0, 0.1) is 11.8 Å². The second-order valence-corrected chi connectivity index (χ2v) is 13.7. The maximum atomic E-state index is 13.7. The first-order valence-corrected chi connectivity index (χ1v) is 15.5. The van der Waals surface area contributed by atoms with Crippen molar-refractivity contribution < 1.29 is 27.5 Å². The molecule has 12 nitrogen and oxygen atoms in total. The van der Waals surface area contributed by atoms with E-state index in [0.29, 0.717) is 6.54 Å². The highest BCUT2D eigenvalue weighted by molar-refractivity contribution is 7.89. The Labute approximate surface area is 246 Å². The number of piperidine rings is 1. The van der Waals surface area contributed by atoms with Crippen LogP contribution >= 0.6 is 0 Å². The van der Waals surface area contributed by atoms with Gasteiger partial charge in [0.05, 0.1) is 28.3 Å². The molecule has 42 heavy (non-hydrogen) atoms. The molecule has 1 heterocycles. The van der Waals surface area contributed by atoms with Gasteiger partial charge in [-0.25, -0.2) is 23.4 Å². The number of nitrogens with zero attached hydrogens (tertiary/aromatic N) is 2. The second-order valence-electron chi connectivity index (χ2n) is 12.0. The van der Waals surface area contributed by atoms with Crippen molar-refractivity contribution >= 4 is 44.8 Å². The molecule has 1 aliphatic heterocycles. The molecule has 0 aromatic heterocycles. The first-order chi connectivity index (χ1) is 19.6. The Morgan fingerprint density at radius 3 is 2.50 bits per heavy atom. The molecule has 4 rings (SSSR count). The number of carbonyl (C=O) groups is 3. The molecule has 2 aliphatic rings. The summed E-state index contributed by atoms with van der Waals surface area (Å²) in [5.41, 5.74) is 6.51. The lowest BCUT2D eigenvalue weighted by Gasteiger charge is -2.32. The summed E-state index contributed by atoms with van der Waals surface area (Å²) in [6, 6.07) is 10.8. The number of hydrazone groups is 1. The van der Waals surface area contributed by atoms with Gasteiger partial charge in [0.25, 0.3) is 0 Å². The number of ether oxygens (including phenoxy) is 1. The van der Waals surface area contributed by atoms with Crippen LogP contribution in [0.3, 0.4) is 0 Å². The summed E-state index contributed by atoms with van der Waals surface area (Å²) >= 11 is 0. The van der Waals surface area contributed by atoms with E-state index < -0.39 is 50.9 Å². The van der Waals surface area contributed by atoms with Gasteiger partial charge in [0.15, 0.2) is 5.78 Å². The Balaban J connectivity index is 1.53. The molecule has 0 bridgehead atoms. The van der Waals surface area contributed by atoms with E-state index in [1.54, 1.807) is 44.9 Å². The minimum atomic E-state index is -4.08. The van der Waals surface area contributed by atoms with Gasteiger partial charge < -0.3 is 20.7 Å². The van der Waals surface area contributed by atoms with Gasteiger partial charge in [-0.05, 0) is 70.0 Å². The van der Waals surface area contributed by atoms with E-state index in [2.05, 4.69) is 20.6 Å². The molecule has 2 fully saturated rings. The normalized spacial score (nSPS) is 25.1. The molecule has 0 spiro atoms. The van der Waals surface area contributed by atoms with E-state index >= 15 is 0 Å². The summed E-state index contributed by atoms with van der Waals surface area (Å²) in [7, 11) is -2.41. The monoisotopic (exact) mass is 600 g/mol. The van der Waals surface area contributed by atoms with Crippen molar-refractivity contribution in [2.45, 2.75) is 68.7 Å². The highest BCUT2D eigenvalue weighted by Gasteiger charge is 2.70. The summed E-state index contributed by atoms with van der Waals surface area (Å²) in [6.07, 6.45) is 2.04. The van der Waals surface area contributed by atoms with Gasteiger partial charge >= 0.3 is 6.09 Å². The van der Waals surface area contributed by atoms with E-state index in [1.807, 2.05) is 18.2 Å². The number of fused-ring (bicyclic) bond motifs is 1. The van der Waals surface area contributed by atoms with Crippen molar-refractivity contribution in [1.29, 1.82) is 0 Å². The summed E-state index contributed by atoms with van der Waals surface area (Å²) in [5.74, 6) is -2.96. The SMILES string of the molecule is C[C@H](NS(=O)(=O)c1ccc2ccccc2c1)C(=O)C1[C@H](C(=O)N(C)C2CCCNC2)C1(N)C=NNC(=O)OC(C)(C)C. The molecule has 3 unspecified atom stereocenters. The van der Waals surface area contributed by atoms with Crippen molar-refractivity contribution in [1.82, 2.24) is 20.4 Å². The van der Waals surface area contributed by atoms with Crippen LogP contribution in [0.4, 0.5) is 4.79 Å². The number of benzene rings is 2. The Morgan fingerprint density at radius 2 is 1.86 bits per heavy atom. The van der Waals surface area contributed by atoms with Gasteiger partial charge in [-0.2, -0.15) is 5.10 Å². The third-order valence-corrected chi connectivity index (χ3v) is 9.21. The third-order valence-electron chi connectivity index (χ3n) is 7.67. The smallest absolute Gasteiger partial charge is 0.428 e. The molecule has 228 valence electrons. The number of carbonyl (C=O) groups excluding carboxylic acids is 3. The zero-order valence-corrected chi connectivity index (χ0v) is 25.4. The number of hydrogen-bond acceptors (Lipinski definition) is 9. The molecule has 1 aliphatic carbocycles. The topological polar surface area (TPSA) is 172 Å². The molecule has 2 amide bonds. The number of amides is 2. The van der Waals surface area contributed by atoms with Crippen LogP contribution in [0.5, 0.6) is 0 Å². The van der Waals surface area contributed by atoms with Gasteiger partial charge in [0.2, 0.25) is 15.9 Å². The fourth-order valence-corrected chi connectivity index (χ4v) is 6.63. The molecule has 1 saturated heterocycles. The number of Topliss-reactive ketones (excluding diaryl/α,β-unsaturated/α-hetero) is 1. The van der Waals surface area contributed by atoms with Gasteiger partial charge in [0.1, 0.15) is 5.60 Å². The predicted molar refractivity (Wildman–Crippen MR) is 159 cm³/mol. The first-order valence-electron chi connectivity index (χ1n) is 14.0. The summed E-state index contributed by atoms with van der Waals surface area (Å²) < 4.78 is 34.1. The van der Waals surface area contributed by atoms with E-state index in [4.69, 9.17) is 10.5 Å². The van der Waals surface area contributed by atoms with Crippen molar-refractivity contribution in [3.05, 3.63) is 42.5 Å². The molecular weight excluding hydrogens is 560 g/mol. The van der Waals surface area contributed by atoms with Crippen molar-refractivity contribution in [2.24, 2.45) is 22.7 Å². The lowest BCUT2D eigenvalue weighted by atomic mass is 10.0. The number of sulfonamides is 1. The van der Waals surface area contributed by atoms with Crippen LogP contribution in [0.15, 0.2) is 52.5 Å². The minimum Gasteiger partial charge on any atom is -0.443 e. The lowest BCUT2D eigenvalue weighted by molar-refractivity contribution is -0.135. The number of ketones is 1. The highest BCUT2D eigenvalue weighted by Crippen LogP contribution is 2.50. The first kappa shape index (κ1) is 31.5. The standard InChI is InChI=1S/C29H40N6O6S/c1-18(34-42(39,40)22-13-12-19-9-6-7-10-20(19)15-22)25(36)23-24(26(37)35(5)21-11-8-14-31-16-21)29(23,30)17-32-33-27(38)41-28(2,3)4/h6-7,9-10,12-13,15,17-18,21,23-24,31,34H,8,11,14,16,30H2,1-5H3,(H,33,38)/t18-,21?,23?,24+,29?/m0/s1. The number of nitrogens with two attached hydrogens (primary N) is 1.